The molecule has 0 atom stereocenters. The van der Waals surface area contributed by atoms with Gasteiger partial charge in [0.25, 0.3) is 11.8 Å². The number of amides is 2. The lowest BCUT2D eigenvalue weighted by Crippen LogP contribution is -2.30. The maximum Gasteiger partial charge on any atom is 0.273 e. The fourth-order valence-electron chi connectivity index (χ4n) is 2.69. The molecule has 30 heavy (non-hydrogen) atoms. The van der Waals surface area contributed by atoms with Gasteiger partial charge in [-0.25, -0.2) is 0 Å². The Hall–Kier alpha value is -2.35. The second-order valence-corrected chi connectivity index (χ2v) is 9.02. The van der Waals surface area contributed by atoms with Crippen molar-refractivity contribution in [2.45, 2.75) is 26.9 Å². The Morgan fingerprint density at radius 1 is 1.20 bits per heavy atom. The molecule has 2 aromatic heterocycles. The molecular weight excluding hydrogens is 445 g/mol. The van der Waals surface area contributed by atoms with Crippen molar-refractivity contribution in [2.75, 3.05) is 6.54 Å². The highest BCUT2D eigenvalue weighted by molar-refractivity contribution is 7.09. The maximum atomic E-state index is 13.2. The van der Waals surface area contributed by atoms with Crippen LogP contribution < -0.4 is 5.32 Å². The first-order valence-electron chi connectivity index (χ1n) is 9.34. The predicted octanol–water partition coefficient (Wildman–Crippen LogP) is 5.27. The lowest BCUT2D eigenvalue weighted by Gasteiger charge is -2.21. The lowest BCUT2D eigenvalue weighted by atomic mass is 10.2. The van der Waals surface area contributed by atoms with Gasteiger partial charge in [-0.3, -0.25) is 9.59 Å². The van der Waals surface area contributed by atoms with Crippen molar-refractivity contribution in [3.8, 4) is 0 Å². The third kappa shape index (κ3) is 5.84. The quantitative estimate of drug-likeness (QED) is 0.491. The van der Waals surface area contributed by atoms with E-state index in [1.54, 1.807) is 34.4 Å². The molecule has 2 amide bonds. The van der Waals surface area contributed by atoms with E-state index < -0.39 is 0 Å². The monoisotopic (exact) mass is 465 g/mol. The van der Waals surface area contributed by atoms with Crippen molar-refractivity contribution in [2.24, 2.45) is 5.92 Å². The lowest BCUT2D eigenvalue weighted by molar-refractivity contribution is 0.0715. The van der Waals surface area contributed by atoms with Gasteiger partial charge in [0.1, 0.15) is 0 Å². The Balaban J connectivity index is 1.79. The van der Waals surface area contributed by atoms with Crippen LogP contribution >= 0.6 is 34.5 Å². The average Bonchev–Trinajstić information content (AvgIpc) is 3.37. The van der Waals surface area contributed by atoms with Crippen LogP contribution in [0, 0.1) is 5.92 Å². The van der Waals surface area contributed by atoms with E-state index in [-0.39, 0.29) is 29.1 Å². The summed E-state index contributed by atoms with van der Waals surface area (Å²) < 4.78 is 5.32. The summed E-state index contributed by atoms with van der Waals surface area (Å²) in [6, 6.07) is 10.2. The first kappa shape index (κ1) is 22.3. The second-order valence-electron chi connectivity index (χ2n) is 7.15. The largest absolute Gasteiger partial charge is 0.359 e. The van der Waals surface area contributed by atoms with Gasteiger partial charge in [-0.15, -0.1) is 11.3 Å². The van der Waals surface area contributed by atoms with Gasteiger partial charge in [0.15, 0.2) is 11.5 Å². The normalized spacial score (nSPS) is 11.0. The van der Waals surface area contributed by atoms with Crippen LogP contribution in [0.3, 0.4) is 0 Å². The van der Waals surface area contributed by atoms with Crippen LogP contribution in [0.25, 0.3) is 0 Å². The maximum absolute atomic E-state index is 13.2. The van der Waals surface area contributed by atoms with E-state index in [1.165, 1.54) is 6.07 Å². The molecule has 0 spiro atoms. The van der Waals surface area contributed by atoms with Crippen LogP contribution in [0.2, 0.25) is 10.0 Å². The van der Waals surface area contributed by atoms with E-state index in [1.807, 2.05) is 31.4 Å². The molecule has 1 N–H and O–H groups in total. The Bertz CT molecular complexity index is 1020. The van der Waals surface area contributed by atoms with E-state index in [4.69, 9.17) is 27.7 Å². The molecule has 3 aromatic rings. The Kier molecular flexibility index (Phi) is 7.53. The third-order valence-electron chi connectivity index (χ3n) is 4.18. The zero-order chi connectivity index (χ0) is 21.7. The van der Waals surface area contributed by atoms with Gasteiger partial charge in [-0.2, -0.15) is 0 Å². The molecule has 158 valence electrons. The minimum atomic E-state index is -0.310. The van der Waals surface area contributed by atoms with Crippen LogP contribution in [0.1, 0.15) is 45.3 Å². The van der Waals surface area contributed by atoms with Gasteiger partial charge in [-0.1, -0.05) is 48.3 Å². The number of nitrogens with one attached hydrogen (secondary N) is 1. The summed E-state index contributed by atoms with van der Waals surface area (Å²) in [5.74, 6) is 0.144. The Morgan fingerprint density at radius 2 is 2.00 bits per heavy atom. The molecule has 0 radical (unpaired) electrons. The van der Waals surface area contributed by atoms with Crippen LogP contribution in [-0.4, -0.2) is 28.4 Å². The number of benzene rings is 1. The number of aromatic nitrogens is 1. The zero-order valence-electron chi connectivity index (χ0n) is 16.5. The Morgan fingerprint density at radius 3 is 2.67 bits per heavy atom. The minimum absolute atomic E-state index is 0.139. The molecule has 0 bridgehead atoms. The van der Waals surface area contributed by atoms with Gasteiger partial charge < -0.3 is 14.7 Å². The fraction of sp³-hybridized carbons (Fsp3) is 0.286. The van der Waals surface area contributed by atoms with Crippen molar-refractivity contribution in [1.82, 2.24) is 15.4 Å². The van der Waals surface area contributed by atoms with Gasteiger partial charge in [-0.05, 0) is 35.6 Å². The van der Waals surface area contributed by atoms with E-state index in [2.05, 4.69) is 10.5 Å². The molecule has 0 fully saturated rings. The number of rotatable bonds is 8. The molecule has 0 aliphatic rings. The summed E-state index contributed by atoms with van der Waals surface area (Å²) in [7, 11) is 0. The highest BCUT2D eigenvalue weighted by Crippen LogP contribution is 2.24. The number of halogens is 2. The number of hydrogen-bond donors (Lipinski definition) is 1. The second kappa shape index (κ2) is 10.1. The highest BCUT2D eigenvalue weighted by atomic mass is 35.5. The number of thiophene rings is 1. The van der Waals surface area contributed by atoms with Gasteiger partial charge >= 0.3 is 0 Å². The SMILES string of the molecule is CC(C)CNC(=O)c1cc(CN(Cc2cccs2)C(=O)c2ccc(Cl)cc2Cl)on1. The molecule has 0 unspecified atom stereocenters. The molecule has 0 saturated heterocycles. The van der Waals surface area contributed by atoms with Gasteiger partial charge in [0, 0.05) is 22.5 Å². The number of carbonyl (C=O) groups excluding carboxylic acids is 2. The average molecular weight is 466 g/mol. The molecule has 9 heteroatoms. The standard InChI is InChI=1S/C21H21Cl2N3O3S/c1-13(2)10-24-20(27)19-9-15(29-25-19)11-26(12-16-4-3-7-30-16)21(28)17-6-5-14(22)8-18(17)23/h3-9,13H,10-12H2,1-2H3,(H,24,27). The number of carbonyl (C=O) groups is 2. The summed E-state index contributed by atoms with van der Waals surface area (Å²) in [4.78, 5) is 28.0. The summed E-state index contributed by atoms with van der Waals surface area (Å²) in [6.45, 7) is 5.05. The van der Waals surface area contributed by atoms with Crippen LogP contribution in [0.4, 0.5) is 0 Å². The van der Waals surface area contributed by atoms with E-state index in [0.717, 1.165) is 4.88 Å². The van der Waals surface area contributed by atoms with E-state index >= 15 is 0 Å². The summed E-state index contributed by atoms with van der Waals surface area (Å²) in [5.41, 5.74) is 0.519. The summed E-state index contributed by atoms with van der Waals surface area (Å²) >= 11 is 13.7. The van der Waals surface area contributed by atoms with Gasteiger partial charge in [0.05, 0.1) is 23.7 Å². The number of nitrogens with zero attached hydrogens (tertiary/aromatic N) is 2. The zero-order valence-corrected chi connectivity index (χ0v) is 18.9. The molecule has 3 rings (SSSR count). The third-order valence-corrected chi connectivity index (χ3v) is 5.59. The van der Waals surface area contributed by atoms with E-state index in [9.17, 15) is 9.59 Å². The minimum Gasteiger partial charge on any atom is -0.359 e. The van der Waals surface area contributed by atoms with Crippen molar-refractivity contribution < 1.29 is 14.1 Å². The number of hydrogen-bond acceptors (Lipinski definition) is 5. The van der Waals surface area contributed by atoms with Crippen LogP contribution in [0.15, 0.2) is 46.3 Å². The molecule has 1 aromatic carbocycles. The summed E-state index contributed by atoms with van der Waals surface area (Å²) in [5, 5.41) is 9.30. The molecular formula is C21H21Cl2N3O3S. The fourth-order valence-corrected chi connectivity index (χ4v) is 3.90. The van der Waals surface area contributed by atoms with Crippen molar-refractivity contribution in [3.63, 3.8) is 0 Å². The van der Waals surface area contributed by atoms with Crippen molar-refractivity contribution >= 4 is 46.4 Å². The highest BCUT2D eigenvalue weighted by Gasteiger charge is 2.22. The van der Waals surface area contributed by atoms with E-state index in [0.29, 0.717) is 35.4 Å². The molecule has 0 aliphatic heterocycles. The topological polar surface area (TPSA) is 75.4 Å². The van der Waals surface area contributed by atoms with Crippen LogP contribution in [-0.2, 0) is 13.1 Å². The predicted molar refractivity (Wildman–Crippen MR) is 118 cm³/mol. The molecule has 0 aliphatic carbocycles. The smallest absolute Gasteiger partial charge is 0.273 e. The first-order valence-corrected chi connectivity index (χ1v) is 11.0. The molecule has 0 saturated carbocycles. The Labute approximate surface area is 188 Å². The summed E-state index contributed by atoms with van der Waals surface area (Å²) in [6.07, 6.45) is 0. The van der Waals surface area contributed by atoms with Crippen molar-refractivity contribution in [1.29, 1.82) is 0 Å². The van der Waals surface area contributed by atoms with Gasteiger partial charge in [0.2, 0.25) is 0 Å². The molecule has 6 nitrogen and oxygen atoms in total. The first-order chi connectivity index (χ1) is 14.3. The molecule has 2 heterocycles. The van der Waals surface area contributed by atoms with Crippen LogP contribution in [0.5, 0.6) is 0 Å². The van der Waals surface area contributed by atoms with Crippen molar-refractivity contribution in [3.05, 3.63) is 73.7 Å².